The molecule has 5 atom stereocenters. The van der Waals surface area contributed by atoms with Gasteiger partial charge in [-0.1, -0.05) is 27.7 Å². The van der Waals surface area contributed by atoms with Gasteiger partial charge in [-0.15, -0.1) is 0 Å². The topological polar surface area (TPSA) is 44.5 Å². The van der Waals surface area contributed by atoms with Gasteiger partial charge in [0.25, 0.3) is 0 Å². The van der Waals surface area contributed by atoms with Crippen molar-refractivity contribution in [2.24, 2.45) is 28.9 Å². The average molecular weight is 279 g/mol. The molecule has 1 aliphatic heterocycles. The molecule has 20 heavy (non-hydrogen) atoms. The highest BCUT2D eigenvalue weighted by Crippen LogP contribution is 2.65. The molecule has 4 heteroatoms. The van der Waals surface area contributed by atoms with Crippen LogP contribution in [0.4, 0.5) is 0 Å². The number of hydrogen-bond acceptors (Lipinski definition) is 3. The number of rotatable bonds is 4. The van der Waals surface area contributed by atoms with Crippen LogP contribution in [-0.4, -0.2) is 25.4 Å². The highest BCUT2D eigenvalue weighted by molar-refractivity contribution is 6.47. The van der Waals surface area contributed by atoms with Crippen LogP contribution in [0.1, 0.15) is 53.9 Å². The largest absolute Gasteiger partial charge is 0.462 e. The maximum absolute atomic E-state index is 6.41. The van der Waals surface area contributed by atoms with E-state index in [1.165, 1.54) is 6.42 Å². The Labute approximate surface area is 124 Å². The van der Waals surface area contributed by atoms with Crippen molar-refractivity contribution in [3.63, 3.8) is 0 Å². The lowest BCUT2D eigenvalue weighted by molar-refractivity contribution is -0.185. The molecule has 2 bridgehead atoms. The molecule has 3 aliphatic carbocycles. The molecule has 114 valence electrons. The fourth-order valence-electron chi connectivity index (χ4n) is 4.87. The lowest BCUT2D eigenvalue weighted by Gasteiger charge is -2.63. The summed E-state index contributed by atoms with van der Waals surface area (Å²) in [5, 5.41) is 0. The second kappa shape index (κ2) is 4.72. The van der Waals surface area contributed by atoms with Gasteiger partial charge in [-0.05, 0) is 55.9 Å². The fourth-order valence-corrected chi connectivity index (χ4v) is 4.87. The predicted molar refractivity (Wildman–Crippen MR) is 82.4 cm³/mol. The molecule has 3 nitrogen and oxygen atoms in total. The molecule has 1 heterocycles. The van der Waals surface area contributed by atoms with Crippen LogP contribution in [0.2, 0.25) is 5.82 Å². The SMILES string of the molecule is CC(C)C[C@H](CN)B1OC2[C@H]3C[C@@H](C[C@]2(C)O1)C3(C)C. The summed E-state index contributed by atoms with van der Waals surface area (Å²) in [4.78, 5) is 0. The molecule has 1 saturated heterocycles. The molecule has 4 aliphatic rings. The third-order valence-electron chi connectivity index (χ3n) is 6.29. The molecule has 0 spiro atoms. The van der Waals surface area contributed by atoms with E-state index in [2.05, 4.69) is 34.6 Å². The number of hydrogen-bond donors (Lipinski definition) is 1. The average Bonchev–Trinajstić information content (AvgIpc) is 2.72. The third kappa shape index (κ3) is 2.07. The zero-order chi connectivity index (χ0) is 14.7. The summed E-state index contributed by atoms with van der Waals surface area (Å²) in [7, 11) is -0.0902. The molecule has 3 saturated carbocycles. The van der Waals surface area contributed by atoms with Crippen LogP contribution in [0.5, 0.6) is 0 Å². The molecule has 4 rings (SSSR count). The smallest absolute Gasteiger partial charge is 0.405 e. The summed E-state index contributed by atoms with van der Waals surface area (Å²) in [6.07, 6.45) is 3.83. The van der Waals surface area contributed by atoms with Gasteiger partial charge in [0.2, 0.25) is 0 Å². The van der Waals surface area contributed by atoms with Crippen molar-refractivity contribution in [2.75, 3.05) is 6.54 Å². The highest BCUT2D eigenvalue weighted by Gasteiger charge is 2.67. The minimum atomic E-state index is -0.0902. The monoisotopic (exact) mass is 279 g/mol. The van der Waals surface area contributed by atoms with E-state index in [0.29, 0.717) is 29.6 Å². The van der Waals surface area contributed by atoms with Crippen LogP contribution >= 0.6 is 0 Å². The molecule has 2 N–H and O–H groups in total. The van der Waals surface area contributed by atoms with Crippen molar-refractivity contribution in [2.45, 2.75) is 71.4 Å². The molecule has 0 amide bonds. The van der Waals surface area contributed by atoms with Gasteiger partial charge >= 0.3 is 7.12 Å². The number of nitrogens with two attached hydrogens (primary N) is 1. The predicted octanol–water partition coefficient (Wildman–Crippen LogP) is 3.09. The summed E-state index contributed by atoms with van der Waals surface area (Å²) < 4.78 is 12.8. The van der Waals surface area contributed by atoms with Gasteiger partial charge in [0, 0.05) is 5.82 Å². The first-order chi connectivity index (χ1) is 9.28. The normalized spacial score (nSPS) is 43.4. The summed E-state index contributed by atoms with van der Waals surface area (Å²) in [6, 6.07) is 0. The lowest BCUT2D eigenvalue weighted by atomic mass is 9.45. The molecule has 4 fully saturated rings. The summed E-state index contributed by atoms with van der Waals surface area (Å²) in [5.74, 6) is 2.43. The summed E-state index contributed by atoms with van der Waals surface area (Å²) in [6.45, 7) is 12.2. The van der Waals surface area contributed by atoms with Crippen molar-refractivity contribution < 1.29 is 9.31 Å². The van der Waals surface area contributed by atoms with E-state index >= 15 is 0 Å². The molecule has 0 radical (unpaired) electrons. The second-order valence-electron chi connectivity index (χ2n) is 8.55. The van der Waals surface area contributed by atoms with Crippen molar-refractivity contribution in [3.8, 4) is 0 Å². The van der Waals surface area contributed by atoms with E-state index < -0.39 is 0 Å². The van der Waals surface area contributed by atoms with Crippen LogP contribution in [0.15, 0.2) is 0 Å². The van der Waals surface area contributed by atoms with Crippen LogP contribution < -0.4 is 5.73 Å². The maximum atomic E-state index is 6.41. The van der Waals surface area contributed by atoms with Gasteiger partial charge in [-0.25, -0.2) is 0 Å². The van der Waals surface area contributed by atoms with E-state index in [4.69, 9.17) is 15.0 Å². The van der Waals surface area contributed by atoms with E-state index in [0.717, 1.165) is 18.8 Å². The third-order valence-corrected chi connectivity index (χ3v) is 6.29. The Kier molecular flexibility index (Phi) is 3.51. The van der Waals surface area contributed by atoms with Crippen molar-refractivity contribution in [1.29, 1.82) is 0 Å². The van der Waals surface area contributed by atoms with Crippen LogP contribution in [0.3, 0.4) is 0 Å². The van der Waals surface area contributed by atoms with E-state index in [-0.39, 0.29) is 18.8 Å². The van der Waals surface area contributed by atoms with Gasteiger partial charge in [0.15, 0.2) is 0 Å². The van der Waals surface area contributed by atoms with Crippen molar-refractivity contribution >= 4 is 7.12 Å². The molecule has 1 unspecified atom stereocenters. The van der Waals surface area contributed by atoms with Gasteiger partial charge in [0.05, 0.1) is 11.7 Å². The first kappa shape index (κ1) is 14.9. The van der Waals surface area contributed by atoms with Gasteiger partial charge in [-0.3, -0.25) is 0 Å². The molecule has 0 aromatic heterocycles. The van der Waals surface area contributed by atoms with Gasteiger partial charge in [-0.2, -0.15) is 0 Å². The zero-order valence-electron chi connectivity index (χ0n) is 13.7. The first-order valence-electron chi connectivity index (χ1n) is 8.31. The van der Waals surface area contributed by atoms with Crippen LogP contribution in [0, 0.1) is 23.2 Å². The van der Waals surface area contributed by atoms with Crippen molar-refractivity contribution in [1.82, 2.24) is 0 Å². The molecular weight excluding hydrogens is 249 g/mol. The standard InChI is InChI=1S/C16H30BNO2/c1-10(2)6-12(9-18)17-19-14-13-7-11(15(13,3)4)8-16(14,5)20-17/h10-14H,6-9,18H2,1-5H3/t11-,12+,13+,14?,16-/m0/s1. The van der Waals surface area contributed by atoms with Gasteiger partial charge < -0.3 is 15.0 Å². The van der Waals surface area contributed by atoms with E-state index in [9.17, 15) is 0 Å². The zero-order valence-corrected chi connectivity index (χ0v) is 13.7. The first-order valence-corrected chi connectivity index (χ1v) is 8.31. The Bertz CT molecular complexity index is 387. The Morgan fingerprint density at radius 1 is 1.30 bits per heavy atom. The Morgan fingerprint density at radius 3 is 2.55 bits per heavy atom. The summed E-state index contributed by atoms with van der Waals surface area (Å²) >= 11 is 0. The second-order valence-corrected chi connectivity index (χ2v) is 8.55. The fraction of sp³-hybridized carbons (Fsp3) is 1.00. The maximum Gasteiger partial charge on any atom is 0.462 e. The minimum Gasteiger partial charge on any atom is -0.405 e. The van der Waals surface area contributed by atoms with Crippen LogP contribution in [0.25, 0.3) is 0 Å². The highest BCUT2D eigenvalue weighted by atomic mass is 16.7. The van der Waals surface area contributed by atoms with E-state index in [1.807, 2.05) is 0 Å². The Balaban J connectivity index is 1.74. The molecular formula is C16H30BNO2. The quantitative estimate of drug-likeness (QED) is 0.804. The van der Waals surface area contributed by atoms with Gasteiger partial charge in [0.1, 0.15) is 0 Å². The lowest BCUT2D eigenvalue weighted by Crippen LogP contribution is -2.63. The molecule has 0 aromatic rings. The van der Waals surface area contributed by atoms with Crippen molar-refractivity contribution in [3.05, 3.63) is 0 Å². The Morgan fingerprint density at radius 2 is 2.00 bits per heavy atom. The minimum absolute atomic E-state index is 0.0713. The Hall–Kier alpha value is -0.0551. The molecule has 0 aromatic carbocycles. The van der Waals surface area contributed by atoms with E-state index in [1.54, 1.807) is 0 Å². The summed E-state index contributed by atoms with van der Waals surface area (Å²) in [5.41, 5.74) is 6.33. The van der Waals surface area contributed by atoms with Crippen LogP contribution in [-0.2, 0) is 9.31 Å².